The standard InChI is InChI=1S/C17H18ClNO5S/c1-4-23-16-9-11(2)15(18)10-17(16)25(21,22)24-14-7-5-13(6-8-14)19-12(3)20/h5-10H,4H2,1-3H3,(H,19,20). The van der Waals surface area contributed by atoms with Crippen molar-refractivity contribution in [2.45, 2.75) is 25.7 Å². The molecule has 25 heavy (non-hydrogen) atoms. The molecular weight excluding hydrogens is 366 g/mol. The summed E-state index contributed by atoms with van der Waals surface area (Å²) in [4.78, 5) is 10.9. The SMILES string of the molecule is CCOc1cc(C)c(Cl)cc1S(=O)(=O)Oc1ccc(NC(C)=O)cc1. The molecule has 2 aromatic rings. The number of carbonyl (C=O) groups is 1. The number of carbonyl (C=O) groups excluding carboxylic acids is 1. The summed E-state index contributed by atoms with van der Waals surface area (Å²) in [5.41, 5.74) is 1.23. The van der Waals surface area contributed by atoms with Crippen LogP contribution in [0.2, 0.25) is 5.02 Å². The van der Waals surface area contributed by atoms with Crippen LogP contribution in [0.3, 0.4) is 0 Å². The number of halogens is 1. The number of hydrogen-bond acceptors (Lipinski definition) is 5. The molecule has 0 saturated carbocycles. The van der Waals surface area contributed by atoms with E-state index in [1.807, 2.05) is 0 Å². The molecule has 1 amide bonds. The number of rotatable bonds is 6. The van der Waals surface area contributed by atoms with E-state index in [1.54, 1.807) is 19.9 Å². The Morgan fingerprint density at radius 2 is 1.84 bits per heavy atom. The zero-order valence-electron chi connectivity index (χ0n) is 14.0. The zero-order valence-corrected chi connectivity index (χ0v) is 15.6. The average Bonchev–Trinajstić information content (AvgIpc) is 2.52. The van der Waals surface area contributed by atoms with Crippen LogP contribution in [0.25, 0.3) is 0 Å². The highest BCUT2D eigenvalue weighted by Crippen LogP contribution is 2.32. The maximum absolute atomic E-state index is 12.6. The molecule has 0 atom stereocenters. The van der Waals surface area contributed by atoms with Gasteiger partial charge in [0.1, 0.15) is 16.4 Å². The number of hydrogen-bond donors (Lipinski definition) is 1. The van der Waals surface area contributed by atoms with Gasteiger partial charge in [-0.25, -0.2) is 0 Å². The third-order valence-corrected chi connectivity index (χ3v) is 4.85. The smallest absolute Gasteiger partial charge is 0.342 e. The molecule has 0 aliphatic rings. The van der Waals surface area contributed by atoms with Crippen molar-refractivity contribution in [1.82, 2.24) is 0 Å². The van der Waals surface area contributed by atoms with E-state index in [0.717, 1.165) is 0 Å². The maximum atomic E-state index is 12.6. The maximum Gasteiger partial charge on any atom is 0.342 e. The van der Waals surface area contributed by atoms with Crippen LogP contribution in [0.5, 0.6) is 11.5 Å². The molecule has 1 N–H and O–H groups in total. The van der Waals surface area contributed by atoms with E-state index in [-0.39, 0.29) is 22.3 Å². The normalized spacial score (nSPS) is 11.0. The van der Waals surface area contributed by atoms with Crippen molar-refractivity contribution in [3.8, 4) is 11.5 Å². The Kier molecular flexibility index (Phi) is 5.92. The van der Waals surface area contributed by atoms with Gasteiger partial charge in [-0.15, -0.1) is 0 Å². The monoisotopic (exact) mass is 383 g/mol. The molecule has 0 radical (unpaired) electrons. The number of amides is 1. The van der Waals surface area contributed by atoms with E-state index < -0.39 is 10.1 Å². The molecular formula is C17H18ClNO5S. The lowest BCUT2D eigenvalue weighted by Gasteiger charge is -2.13. The van der Waals surface area contributed by atoms with Crippen molar-refractivity contribution in [3.63, 3.8) is 0 Å². The van der Waals surface area contributed by atoms with Gasteiger partial charge >= 0.3 is 10.1 Å². The van der Waals surface area contributed by atoms with Gasteiger partial charge in [-0.1, -0.05) is 11.6 Å². The Hall–Kier alpha value is -2.25. The fourth-order valence-corrected chi connectivity index (χ4v) is 3.38. The van der Waals surface area contributed by atoms with Gasteiger partial charge in [0.05, 0.1) is 6.61 Å². The molecule has 0 aliphatic heterocycles. The van der Waals surface area contributed by atoms with Gasteiger partial charge in [0.25, 0.3) is 0 Å². The first-order chi connectivity index (χ1) is 11.7. The van der Waals surface area contributed by atoms with Crippen LogP contribution >= 0.6 is 11.6 Å². The summed E-state index contributed by atoms with van der Waals surface area (Å²) in [5.74, 6) is 0.0597. The molecule has 8 heteroatoms. The van der Waals surface area contributed by atoms with Crippen LogP contribution in [0.15, 0.2) is 41.3 Å². The van der Waals surface area contributed by atoms with E-state index in [1.165, 1.54) is 37.3 Å². The summed E-state index contributed by atoms with van der Waals surface area (Å²) in [6.45, 7) is 5.19. The molecule has 0 bridgehead atoms. The molecule has 0 aliphatic carbocycles. The third-order valence-electron chi connectivity index (χ3n) is 3.17. The largest absolute Gasteiger partial charge is 0.492 e. The third kappa shape index (κ3) is 4.87. The van der Waals surface area contributed by atoms with Crippen molar-refractivity contribution in [2.24, 2.45) is 0 Å². The van der Waals surface area contributed by atoms with Crippen LogP contribution < -0.4 is 14.2 Å². The Morgan fingerprint density at radius 3 is 2.40 bits per heavy atom. The van der Waals surface area contributed by atoms with E-state index in [9.17, 15) is 13.2 Å². The van der Waals surface area contributed by atoms with Crippen molar-refractivity contribution in [3.05, 3.63) is 47.0 Å². The summed E-state index contributed by atoms with van der Waals surface area (Å²) in [7, 11) is -4.14. The fourth-order valence-electron chi connectivity index (χ4n) is 2.07. The summed E-state index contributed by atoms with van der Waals surface area (Å²) in [6, 6.07) is 8.83. The Bertz CT molecular complexity index is 879. The predicted molar refractivity (Wildman–Crippen MR) is 95.9 cm³/mol. The molecule has 6 nitrogen and oxygen atoms in total. The van der Waals surface area contributed by atoms with E-state index >= 15 is 0 Å². The Balaban J connectivity index is 2.33. The quantitative estimate of drug-likeness (QED) is 0.768. The molecule has 2 aromatic carbocycles. The summed E-state index contributed by atoms with van der Waals surface area (Å²) < 4.78 is 35.7. The minimum Gasteiger partial charge on any atom is -0.492 e. The second-order valence-corrected chi connectivity index (χ2v) is 7.15. The number of ether oxygens (including phenoxy) is 1. The minimum atomic E-state index is -4.14. The van der Waals surface area contributed by atoms with Crippen LogP contribution in [0.4, 0.5) is 5.69 Å². The lowest BCUT2D eigenvalue weighted by atomic mass is 10.2. The topological polar surface area (TPSA) is 81.7 Å². The fraction of sp³-hybridized carbons (Fsp3) is 0.235. The van der Waals surface area contributed by atoms with Gasteiger partial charge in [0.2, 0.25) is 5.91 Å². The lowest BCUT2D eigenvalue weighted by molar-refractivity contribution is -0.114. The average molecular weight is 384 g/mol. The lowest BCUT2D eigenvalue weighted by Crippen LogP contribution is -2.12. The van der Waals surface area contributed by atoms with Gasteiger partial charge in [0.15, 0.2) is 0 Å². The van der Waals surface area contributed by atoms with Gasteiger partial charge < -0.3 is 14.2 Å². The molecule has 0 spiro atoms. The molecule has 2 rings (SSSR count). The summed E-state index contributed by atoms with van der Waals surface area (Å²) >= 11 is 6.05. The molecule has 0 fully saturated rings. The molecule has 0 saturated heterocycles. The van der Waals surface area contributed by atoms with Gasteiger partial charge in [-0.2, -0.15) is 8.42 Å². The highest BCUT2D eigenvalue weighted by Gasteiger charge is 2.23. The van der Waals surface area contributed by atoms with Crippen LogP contribution in [0.1, 0.15) is 19.4 Å². The van der Waals surface area contributed by atoms with Crippen molar-refractivity contribution in [2.75, 3.05) is 11.9 Å². The highest BCUT2D eigenvalue weighted by atomic mass is 35.5. The second-order valence-electron chi connectivity index (χ2n) is 5.22. The minimum absolute atomic E-state index is 0.105. The first-order valence-corrected chi connectivity index (χ1v) is 9.26. The summed E-state index contributed by atoms with van der Waals surface area (Å²) in [6.07, 6.45) is 0. The molecule has 0 heterocycles. The number of nitrogens with one attached hydrogen (secondary N) is 1. The van der Waals surface area contributed by atoms with E-state index in [2.05, 4.69) is 5.32 Å². The summed E-state index contributed by atoms with van der Waals surface area (Å²) in [5, 5.41) is 2.88. The van der Waals surface area contributed by atoms with Crippen molar-refractivity contribution >= 4 is 33.3 Å². The molecule has 0 unspecified atom stereocenters. The van der Waals surface area contributed by atoms with Crippen LogP contribution in [-0.4, -0.2) is 20.9 Å². The van der Waals surface area contributed by atoms with Crippen molar-refractivity contribution < 1.29 is 22.1 Å². The van der Waals surface area contributed by atoms with E-state index in [0.29, 0.717) is 22.9 Å². The Labute approximate surface area is 151 Å². The first kappa shape index (κ1) is 19.1. The number of anilines is 1. The zero-order chi connectivity index (χ0) is 18.6. The molecule has 0 aromatic heterocycles. The molecule has 134 valence electrons. The highest BCUT2D eigenvalue weighted by molar-refractivity contribution is 7.87. The van der Waals surface area contributed by atoms with E-state index in [4.69, 9.17) is 20.5 Å². The Morgan fingerprint density at radius 1 is 1.20 bits per heavy atom. The predicted octanol–water partition coefficient (Wildman–Crippen LogP) is 3.77. The van der Waals surface area contributed by atoms with Crippen LogP contribution in [0, 0.1) is 6.92 Å². The first-order valence-electron chi connectivity index (χ1n) is 7.48. The van der Waals surface area contributed by atoms with Crippen LogP contribution in [-0.2, 0) is 14.9 Å². The van der Waals surface area contributed by atoms with Gasteiger partial charge in [-0.3, -0.25) is 4.79 Å². The van der Waals surface area contributed by atoms with Crippen molar-refractivity contribution in [1.29, 1.82) is 0 Å². The van der Waals surface area contributed by atoms with Gasteiger partial charge in [0, 0.05) is 17.6 Å². The van der Waals surface area contributed by atoms with Gasteiger partial charge in [-0.05, 0) is 55.8 Å². The second kappa shape index (κ2) is 7.76. The number of benzene rings is 2. The number of aryl methyl sites for hydroxylation is 1.